The molecule has 3 aromatic rings. The van der Waals surface area contributed by atoms with Crippen LogP contribution in [0.2, 0.25) is 0 Å². The number of Topliss-reactive ketones (excluding diaryl/α,β-unsaturated/α-hetero) is 1. The molecule has 2 aromatic carbocycles. The fourth-order valence-corrected chi connectivity index (χ4v) is 3.90. The van der Waals surface area contributed by atoms with E-state index in [0.29, 0.717) is 29.8 Å². The lowest BCUT2D eigenvalue weighted by molar-refractivity contribution is 0.0962. The van der Waals surface area contributed by atoms with E-state index in [1.165, 1.54) is 11.8 Å². The molecule has 0 saturated heterocycles. The van der Waals surface area contributed by atoms with Gasteiger partial charge in [0.25, 0.3) is 0 Å². The zero-order valence-corrected chi connectivity index (χ0v) is 18.9. The van der Waals surface area contributed by atoms with Gasteiger partial charge in [-0.1, -0.05) is 62.7 Å². The molecule has 1 atom stereocenters. The van der Waals surface area contributed by atoms with Crippen molar-refractivity contribution in [1.82, 2.24) is 9.97 Å². The normalized spacial score (nSPS) is 15.8. The van der Waals surface area contributed by atoms with Crippen LogP contribution in [0.4, 0.5) is 16.4 Å². The molecule has 0 fully saturated rings. The third kappa shape index (κ3) is 4.85. The average molecular weight is 429 g/mol. The SMILES string of the molecule is Cc1ccc(NC(=O)Nc2ncc3c(n2)CC(c2ccc(C(C)(C)C)cc2)CC3=O)cc1. The summed E-state index contributed by atoms with van der Waals surface area (Å²) in [6.07, 6.45) is 2.59. The summed E-state index contributed by atoms with van der Waals surface area (Å²) in [7, 11) is 0. The Kier molecular flexibility index (Phi) is 5.78. The van der Waals surface area contributed by atoms with E-state index in [4.69, 9.17) is 0 Å². The Morgan fingerprint density at radius 2 is 1.66 bits per heavy atom. The summed E-state index contributed by atoms with van der Waals surface area (Å²) < 4.78 is 0. The van der Waals surface area contributed by atoms with Crippen LogP contribution in [0.3, 0.4) is 0 Å². The molecule has 2 N–H and O–H groups in total. The van der Waals surface area contributed by atoms with Crippen molar-refractivity contribution in [2.24, 2.45) is 0 Å². The van der Waals surface area contributed by atoms with E-state index in [0.717, 1.165) is 11.1 Å². The summed E-state index contributed by atoms with van der Waals surface area (Å²) in [5, 5.41) is 5.43. The lowest BCUT2D eigenvalue weighted by Crippen LogP contribution is -2.24. The Morgan fingerprint density at radius 3 is 2.31 bits per heavy atom. The van der Waals surface area contributed by atoms with Gasteiger partial charge in [0.15, 0.2) is 5.78 Å². The van der Waals surface area contributed by atoms with Gasteiger partial charge in [0, 0.05) is 18.3 Å². The standard InChI is InChI=1S/C26H28N4O2/c1-16-5-11-20(12-6-16)28-25(32)30-24-27-15-21-22(29-24)13-18(14-23(21)31)17-7-9-19(10-8-17)26(2,3)4/h5-12,15,18H,13-14H2,1-4H3,(H2,27,28,29,30,32). The van der Waals surface area contributed by atoms with E-state index < -0.39 is 6.03 Å². The molecule has 4 rings (SSSR count). The first-order chi connectivity index (χ1) is 15.2. The molecule has 1 aliphatic rings. The van der Waals surface area contributed by atoms with E-state index in [1.807, 2.05) is 31.2 Å². The molecule has 1 heterocycles. The molecule has 1 unspecified atom stereocenters. The summed E-state index contributed by atoms with van der Waals surface area (Å²) in [6, 6.07) is 15.6. The fraction of sp³-hybridized carbons (Fsp3) is 0.308. The number of aryl methyl sites for hydroxylation is 1. The van der Waals surface area contributed by atoms with Crippen LogP contribution >= 0.6 is 0 Å². The summed E-state index contributed by atoms with van der Waals surface area (Å²) >= 11 is 0. The highest BCUT2D eigenvalue weighted by Gasteiger charge is 2.28. The molecule has 164 valence electrons. The Bertz CT molecular complexity index is 1150. The van der Waals surface area contributed by atoms with Crippen LogP contribution in [-0.2, 0) is 11.8 Å². The number of carbonyl (C=O) groups is 2. The third-order valence-corrected chi connectivity index (χ3v) is 5.82. The molecule has 1 aliphatic carbocycles. The van der Waals surface area contributed by atoms with Gasteiger partial charge in [-0.2, -0.15) is 0 Å². The number of fused-ring (bicyclic) bond motifs is 1. The molecule has 0 saturated carbocycles. The number of urea groups is 1. The molecule has 0 bridgehead atoms. The maximum atomic E-state index is 12.7. The highest BCUT2D eigenvalue weighted by atomic mass is 16.2. The molecule has 0 radical (unpaired) electrons. The van der Waals surface area contributed by atoms with Crippen molar-refractivity contribution in [1.29, 1.82) is 0 Å². The van der Waals surface area contributed by atoms with Gasteiger partial charge in [-0.25, -0.2) is 14.8 Å². The van der Waals surface area contributed by atoms with Crippen LogP contribution in [0, 0.1) is 6.92 Å². The lowest BCUT2D eigenvalue weighted by atomic mass is 9.80. The van der Waals surface area contributed by atoms with Crippen LogP contribution in [-0.4, -0.2) is 21.8 Å². The Labute approximate surface area is 188 Å². The molecule has 0 aliphatic heterocycles. The quantitative estimate of drug-likeness (QED) is 0.565. The fourth-order valence-electron chi connectivity index (χ4n) is 3.90. The van der Waals surface area contributed by atoms with Crippen LogP contribution in [0.25, 0.3) is 0 Å². The molecule has 2 amide bonds. The minimum absolute atomic E-state index is 0.0341. The minimum Gasteiger partial charge on any atom is -0.308 e. The number of rotatable bonds is 3. The summed E-state index contributed by atoms with van der Waals surface area (Å²) in [5.41, 5.74) is 5.48. The Hall–Kier alpha value is -3.54. The van der Waals surface area contributed by atoms with Crippen molar-refractivity contribution in [3.8, 4) is 0 Å². The van der Waals surface area contributed by atoms with E-state index in [9.17, 15) is 9.59 Å². The molecule has 32 heavy (non-hydrogen) atoms. The topological polar surface area (TPSA) is 84.0 Å². The van der Waals surface area contributed by atoms with Gasteiger partial charge in [0.05, 0.1) is 11.3 Å². The number of ketones is 1. The third-order valence-electron chi connectivity index (χ3n) is 5.82. The zero-order chi connectivity index (χ0) is 22.9. The first-order valence-electron chi connectivity index (χ1n) is 10.8. The van der Waals surface area contributed by atoms with Crippen molar-refractivity contribution in [2.75, 3.05) is 10.6 Å². The van der Waals surface area contributed by atoms with Gasteiger partial charge in [-0.05, 0) is 47.9 Å². The van der Waals surface area contributed by atoms with Crippen molar-refractivity contribution < 1.29 is 9.59 Å². The number of aromatic nitrogens is 2. The van der Waals surface area contributed by atoms with Gasteiger partial charge >= 0.3 is 6.03 Å². The monoisotopic (exact) mass is 428 g/mol. The van der Waals surface area contributed by atoms with Crippen molar-refractivity contribution in [3.63, 3.8) is 0 Å². The number of anilines is 2. The number of amides is 2. The largest absolute Gasteiger partial charge is 0.326 e. The van der Waals surface area contributed by atoms with Crippen LogP contribution in [0.1, 0.15) is 65.9 Å². The molecule has 1 aromatic heterocycles. The minimum atomic E-state index is -0.426. The van der Waals surface area contributed by atoms with Crippen LogP contribution in [0.15, 0.2) is 54.7 Å². The maximum absolute atomic E-state index is 12.7. The van der Waals surface area contributed by atoms with Crippen molar-refractivity contribution in [2.45, 2.75) is 51.9 Å². The number of hydrogen-bond acceptors (Lipinski definition) is 4. The second-order valence-electron chi connectivity index (χ2n) is 9.40. The number of hydrogen-bond donors (Lipinski definition) is 2. The first kappa shape index (κ1) is 21.7. The second kappa shape index (κ2) is 8.54. The van der Waals surface area contributed by atoms with Gasteiger partial charge in [-0.15, -0.1) is 0 Å². The highest BCUT2D eigenvalue weighted by molar-refractivity contribution is 6.00. The molecule has 6 heteroatoms. The predicted molar refractivity (Wildman–Crippen MR) is 126 cm³/mol. The Balaban J connectivity index is 1.48. The molecule has 6 nitrogen and oxygen atoms in total. The smallest absolute Gasteiger partial charge is 0.308 e. The van der Waals surface area contributed by atoms with E-state index in [-0.39, 0.29) is 23.1 Å². The summed E-state index contributed by atoms with van der Waals surface area (Å²) in [6.45, 7) is 8.53. The predicted octanol–water partition coefficient (Wildman–Crippen LogP) is 5.64. The molecular formula is C26H28N4O2. The number of nitrogens with zero attached hydrogens (tertiary/aromatic N) is 2. The van der Waals surface area contributed by atoms with E-state index >= 15 is 0 Å². The second-order valence-corrected chi connectivity index (χ2v) is 9.40. The average Bonchev–Trinajstić information content (AvgIpc) is 2.74. The van der Waals surface area contributed by atoms with Gasteiger partial charge in [-0.3, -0.25) is 10.1 Å². The van der Waals surface area contributed by atoms with Gasteiger partial charge < -0.3 is 5.32 Å². The van der Waals surface area contributed by atoms with E-state index in [1.54, 1.807) is 0 Å². The Morgan fingerprint density at radius 1 is 0.969 bits per heavy atom. The van der Waals surface area contributed by atoms with Gasteiger partial charge in [0.2, 0.25) is 5.95 Å². The van der Waals surface area contributed by atoms with Crippen LogP contribution in [0.5, 0.6) is 0 Å². The lowest BCUT2D eigenvalue weighted by Gasteiger charge is -2.25. The van der Waals surface area contributed by atoms with E-state index in [2.05, 4.69) is 65.6 Å². The summed E-state index contributed by atoms with van der Waals surface area (Å²) in [4.78, 5) is 33.7. The summed E-state index contributed by atoms with van der Waals surface area (Å²) in [5.74, 6) is 0.282. The van der Waals surface area contributed by atoms with Crippen LogP contribution < -0.4 is 10.6 Å². The number of carbonyl (C=O) groups excluding carboxylic acids is 2. The highest BCUT2D eigenvalue weighted by Crippen LogP contribution is 2.33. The maximum Gasteiger partial charge on any atom is 0.326 e. The number of benzene rings is 2. The molecule has 0 spiro atoms. The molecular weight excluding hydrogens is 400 g/mol. The van der Waals surface area contributed by atoms with Gasteiger partial charge in [0.1, 0.15) is 0 Å². The van der Waals surface area contributed by atoms with Crippen molar-refractivity contribution in [3.05, 3.63) is 82.7 Å². The zero-order valence-electron chi connectivity index (χ0n) is 18.9. The first-order valence-corrected chi connectivity index (χ1v) is 10.8. The number of nitrogens with one attached hydrogen (secondary N) is 2. The van der Waals surface area contributed by atoms with Crippen molar-refractivity contribution >= 4 is 23.5 Å².